The van der Waals surface area contributed by atoms with Gasteiger partial charge >= 0.3 is 5.97 Å². The fourth-order valence-electron chi connectivity index (χ4n) is 0.660. The Kier molecular flexibility index (Phi) is 2.37. The lowest BCUT2D eigenvalue weighted by molar-refractivity contribution is 0.0513. The Morgan fingerprint density at radius 1 is 1.67 bits per heavy atom. The van der Waals surface area contributed by atoms with Gasteiger partial charge in [-0.05, 0) is 6.92 Å². The van der Waals surface area contributed by atoms with E-state index in [1.807, 2.05) is 0 Å². The summed E-state index contributed by atoms with van der Waals surface area (Å²) in [5.74, 6) is -2.10. The highest BCUT2D eigenvalue weighted by atomic mass is 19.1. The summed E-state index contributed by atoms with van der Waals surface area (Å²) in [6, 6.07) is 0. The second kappa shape index (κ2) is 3.29. The number of imidazole rings is 1. The van der Waals surface area contributed by atoms with E-state index in [1.165, 1.54) is 0 Å². The molecule has 0 amide bonds. The van der Waals surface area contributed by atoms with Gasteiger partial charge in [0, 0.05) is 0 Å². The van der Waals surface area contributed by atoms with Gasteiger partial charge in [-0.15, -0.1) is 0 Å². The zero-order chi connectivity index (χ0) is 9.14. The smallest absolute Gasteiger partial charge is 0.361 e. The van der Waals surface area contributed by atoms with Gasteiger partial charge in [-0.3, -0.25) is 4.98 Å². The van der Waals surface area contributed by atoms with Crippen molar-refractivity contribution in [3.63, 3.8) is 0 Å². The summed E-state index contributed by atoms with van der Waals surface area (Å²) < 4.78 is 29.1. The van der Waals surface area contributed by atoms with E-state index in [0.717, 1.165) is 0 Å². The molecule has 4 nitrogen and oxygen atoms in total. The van der Waals surface area contributed by atoms with E-state index in [0.29, 0.717) is 0 Å². The molecule has 6 heteroatoms. The number of carbonyl (C=O) groups is 1. The van der Waals surface area contributed by atoms with E-state index in [2.05, 4.69) is 9.72 Å². The lowest BCUT2D eigenvalue weighted by Crippen LogP contribution is -2.07. The number of carbonyl (C=O) groups excluding carboxylic acids is 1. The number of nitrogens with zero attached hydrogens (tertiary/aromatic N) is 1. The first-order valence-corrected chi connectivity index (χ1v) is 3.23. The Hall–Kier alpha value is -1.46. The summed E-state index contributed by atoms with van der Waals surface area (Å²) >= 11 is 0. The number of hydrogen-bond donors (Lipinski definition) is 1. The van der Waals surface area contributed by atoms with Crippen LogP contribution in [0.4, 0.5) is 8.78 Å². The van der Waals surface area contributed by atoms with E-state index in [4.69, 9.17) is 0 Å². The highest BCUT2D eigenvalue weighted by Crippen LogP contribution is 2.04. The van der Waals surface area contributed by atoms with Gasteiger partial charge in [0.25, 0.3) is 6.08 Å². The quantitative estimate of drug-likeness (QED) is 0.680. The van der Waals surface area contributed by atoms with Crippen LogP contribution < -0.4 is 0 Å². The maximum Gasteiger partial charge on any atom is 0.361 e. The molecule has 0 saturated carbocycles. The number of ether oxygens (including phenoxy) is 1. The third-order valence-electron chi connectivity index (χ3n) is 1.10. The van der Waals surface area contributed by atoms with Crippen LogP contribution in [0.25, 0.3) is 0 Å². The molecule has 1 heterocycles. The lowest BCUT2D eigenvalue weighted by Gasteiger charge is -1.95. The van der Waals surface area contributed by atoms with E-state index in [1.54, 1.807) is 11.9 Å². The molecule has 66 valence electrons. The molecule has 0 unspecified atom stereocenters. The summed E-state index contributed by atoms with van der Waals surface area (Å²) in [6.07, 6.45) is -1.14. The molecule has 0 saturated heterocycles. The van der Waals surface area contributed by atoms with Gasteiger partial charge in [-0.25, -0.2) is 4.79 Å². The topological polar surface area (TPSA) is 55.0 Å². The van der Waals surface area contributed by atoms with Crippen LogP contribution in [0.2, 0.25) is 0 Å². The van der Waals surface area contributed by atoms with E-state index in [-0.39, 0.29) is 6.61 Å². The molecule has 0 aliphatic rings. The van der Waals surface area contributed by atoms with Crippen LogP contribution in [-0.2, 0) is 4.74 Å². The minimum absolute atomic E-state index is 0.0900. The monoisotopic (exact) mass is 176 g/mol. The van der Waals surface area contributed by atoms with Crippen LogP contribution in [0.1, 0.15) is 17.4 Å². The number of aromatic nitrogens is 2. The minimum atomic E-state index is -1.14. The van der Waals surface area contributed by atoms with Crippen LogP contribution in [0.3, 0.4) is 0 Å². The maximum absolute atomic E-state index is 12.5. The van der Waals surface area contributed by atoms with Crippen LogP contribution in [0, 0.1) is 12.0 Å². The molecule has 0 radical (unpaired) electrons. The minimum Gasteiger partial charge on any atom is -0.461 e. The molecule has 1 rings (SSSR count). The average Bonchev–Trinajstić information content (AvgIpc) is 2.30. The molecule has 0 atom stereocenters. The molecule has 0 aliphatic heterocycles. The van der Waals surface area contributed by atoms with Gasteiger partial charge in [-0.2, -0.15) is 13.8 Å². The molecule has 1 aromatic rings. The van der Waals surface area contributed by atoms with Gasteiger partial charge in [-0.1, -0.05) is 0 Å². The van der Waals surface area contributed by atoms with Crippen LogP contribution in [-0.4, -0.2) is 22.5 Å². The SMILES string of the molecule is CCOC(=O)c1nc(F)[nH]c1F. The van der Waals surface area contributed by atoms with Crippen molar-refractivity contribution < 1.29 is 18.3 Å². The zero-order valence-corrected chi connectivity index (χ0v) is 6.23. The van der Waals surface area contributed by atoms with Gasteiger partial charge in [0.05, 0.1) is 6.61 Å². The summed E-state index contributed by atoms with van der Waals surface area (Å²) in [4.78, 5) is 15.3. The van der Waals surface area contributed by atoms with Crippen LogP contribution in [0.5, 0.6) is 0 Å². The maximum atomic E-state index is 12.5. The van der Waals surface area contributed by atoms with Gasteiger partial charge in [0.2, 0.25) is 11.6 Å². The first-order chi connectivity index (χ1) is 5.65. The van der Waals surface area contributed by atoms with Crippen molar-refractivity contribution in [3.05, 3.63) is 17.7 Å². The number of esters is 1. The third kappa shape index (κ3) is 1.58. The van der Waals surface area contributed by atoms with Crippen molar-refractivity contribution in [2.45, 2.75) is 6.92 Å². The van der Waals surface area contributed by atoms with Crippen LogP contribution in [0.15, 0.2) is 0 Å². The Morgan fingerprint density at radius 3 is 2.75 bits per heavy atom. The number of H-pyrrole nitrogens is 1. The summed E-state index contributed by atoms with van der Waals surface area (Å²) in [5, 5.41) is 0. The summed E-state index contributed by atoms with van der Waals surface area (Å²) in [7, 11) is 0. The Bertz CT molecular complexity index is 298. The van der Waals surface area contributed by atoms with Crippen LogP contribution >= 0.6 is 0 Å². The van der Waals surface area contributed by atoms with Crippen molar-refractivity contribution in [2.24, 2.45) is 0 Å². The zero-order valence-electron chi connectivity index (χ0n) is 6.23. The molecular formula is C6H6F2N2O2. The molecular weight excluding hydrogens is 170 g/mol. The second-order valence-electron chi connectivity index (χ2n) is 1.91. The van der Waals surface area contributed by atoms with Gasteiger partial charge < -0.3 is 4.74 Å². The summed E-state index contributed by atoms with van der Waals surface area (Å²) in [5.41, 5.74) is -0.658. The van der Waals surface area contributed by atoms with Crippen molar-refractivity contribution in [3.8, 4) is 0 Å². The van der Waals surface area contributed by atoms with Crippen molar-refractivity contribution in [1.82, 2.24) is 9.97 Å². The molecule has 1 aromatic heterocycles. The lowest BCUT2D eigenvalue weighted by atomic mass is 10.5. The van der Waals surface area contributed by atoms with Gasteiger partial charge in [0.1, 0.15) is 0 Å². The molecule has 0 aliphatic carbocycles. The molecule has 0 bridgehead atoms. The molecule has 12 heavy (non-hydrogen) atoms. The Balaban J connectivity index is 2.87. The molecule has 0 spiro atoms. The number of halogens is 2. The highest BCUT2D eigenvalue weighted by Gasteiger charge is 2.18. The third-order valence-corrected chi connectivity index (χ3v) is 1.10. The molecule has 1 N–H and O–H groups in total. The number of aromatic amines is 1. The number of rotatable bonds is 2. The van der Waals surface area contributed by atoms with Crippen molar-refractivity contribution in [1.29, 1.82) is 0 Å². The fourth-order valence-corrected chi connectivity index (χ4v) is 0.660. The molecule has 0 fully saturated rings. The fraction of sp³-hybridized carbons (Fsp3) is 0.333. The van der Waals surface area contributed by atoms with E-state index in [9.17, 15) is 13.6 Å². The standard InChI is InChI=1S/C6H6F2N2O2/c1-2-12-5(11)3-4(7)10-6(8)9-3/h2H2,1H3,(H,9,10). The largest absolute Gasteiger partial charge is 0.461 e. The summed E-state index contributed by atoms with van der Waals surface area (Å²) in [6.45, 7) is 1.64. The second-order valence-corrected chi connectivity index (χ2v) is 1.91. The first-order valence-electron chi connectivity index (χ1n) is 3.23. The normalized spacial score (nSPS) is 9.92. The Labute approximate surface area is 66.6 Å². The van der Waals surface area contributed by atoms with Gasteiger partial charge in [0.15, 0.2) is 0 Å². The Morgan fingerprint density at radius 2 is 2.33 bits per heavy atom. The first kappa shape index (κ1) is 8.63. The van der Waals surface area contributed by atoms with E-state index < -0.39 is 23.7 Å². The predicted octanol–water partition coefficient (Wildman–Crippen LogP) is 0.865. The average molecular weight is 176 g/mol. The highest BCUT2D eigenvalue weighted by molar-refractivity contribution is 5.87. The molecule has 0 aromatic carbocycles. The number of nitrogens with one attached hydrogen (secondary N) is 1. The van der Waals surface area contributed by atoms with E-state index >= 15 is 0 Å². The predicted molar refractivity (Wildman–Crippen MR) is 34.5 cm³/mol. The van der Waals surface area contributed by atoms with Crippen molar-refractivity contribution in [2.75, 3.05) is 6.61 Å². The number of hydrogen-bond acceptors (Lipinski definition) is 3. The van der Waals surface area contributed by atoms with Crippen molar-refractivity contribution >= 4 is 5.97 Å².